The van der Waals surface area contributed by atoms with Crippen molar-refractivity contribution < 1.29 is 9.66 Å². The molecule has 2 aromatic rings. The maximum Gasteiger partial charge on any atom is 0.269 e. The van der Waals surface area contributed by atoms with Gasteiger partial charge in [-0.2, -0.15) is 0 Å². The lowest BCUT2D eigenvalue weighted by Crippen LogP contribution is -2.38. The Balaban J connectivity index is 1.79. The average Bonchev–Trinajstić information content (AvgIpc) is 3.05. The van der Waals surface area contributed by atoms with Crippen molar-refractivity contribution >= 4 is 23.4 Å². The van der Waals surface area contributed by atoms with Crippen molar-refractivity contribution in [1.82, 2.24) is 14.8 Å². The van der Waals surface area contributed by atoms with Gasteiger partial charge in [0.15, 0.2) is 5.16 Å². The fraction of sp³-hybridized carbons (Fsp3) is 0.500. The average molecular weight is 363 g/mol. The molecule has 0 N–H and O–H groups in total. The van der Waals surface area contributed by atoms with Crippen molar-refractivity contribution in [3.63, 3.8) is 0 Å². The summed E-state index contributed by atoms with van der Waals surface area (Å²) in [5, 5.41) is 20.5. The van der Waals surface area contributed by atoms with Crippen molar-refractivity contribution in [2.24, 2.45) is 0 Å². The van der Waals surface area contributed by atoms with Gasteiger partial charge in [-0.3, -0.25) is 14.7 Å². The maximum atomic E-state index is 11.0. The minimum Gasteiger partial charge on any atom is -0.378 e. The van der Waals surface area contributed by atoms with Gasteiger partial charge in [0.05, 0.1) is 18.1 Å². The zero-order valence-electron chi connectivity index (χ0n) is 14.3. The predicted molar refractivity (Wildman–Crippen MR) is 96.1 cm³/mol. The van der Waals surface area contributed by atoms with Crippen LogP contribution in [0.25, 0.3) is 0 Å². The first-order chi connectivity index (χ1) is 12.1. The third-order valence-corrected chi connectivity index (χ3v) is 5.28. The normalized spacial score (nSPS) is 16.0. The van der Waals surface area contributed by atoms with Crippen molar-refractivity contribution in [2.75, 3.05) is 31.2 Å². The number of aromatic nitrogens is 3. The van der Waals surface area contributed by atoms with Gasteiger partial charge < -0.3 is 9.64 Å². The summed E-state index contributed by atoms with van der Waals surface area (Å²) in [6.45, 7) is 7.87. The zero-order valence-corrected chi connectivity index (χ0v) is 15.1. The van der Waals surface area contributed by atoms with Crippen molar-refractivity contribution in [3.8, 4) is 0 Å². The summed E-state index contributed by atoms with van der Waals surface area (Å²) >= 11 is 1.56. The van der Waals surface area contributed by atoms with Crippen LogP contribution < -0.4 is 4.90 Å². The van der Waals surface area contributed by atoms with Crippen LogP contribution in [0.1, 0.15) is 24.7 Å². The number of ether oxygens (including phenoxy) is 1. The lowest BCUT2D eigenvalue weighted by atomic mass is 10.1. The Hall–Kier alpha value is -2.13. The highest BCUT2D eigenvalue weighted by Gasteiger charge is 2.21. The highest BCUT2D eigenvalue weighted by molar-refractivity contribution is 7.99. The van der Waals surface area contributed by atoms with Crippen LogP contribution in [0.4, 0.5) is 11.6 Å². The van der Waals surface area contributed by atoms with Gasteiger partial charge in [0.2, 0.25) is 5.95 Å². The van der Waals surface area contributed by atoms with E-state index in [0.29, 0.717) is 13.2 Å². The van der Waals surface area contributed by atoms with Gasteiger partial charge in [-0.15, -0.1) is 10.2 Å². The molecule has 2 heterocycles. The number of anilines is 1. The molecule has 1 fully saturated rings. The topological polar surface area (TPSA) is 86.3 Å². The van der Waals surface area contributed by atoms with Crippen molar-refractivity contribution in [1.29, 1.82) is 0 Å². The maximum absolute atomic E-state index is 11.0. The van der Waals surface area contributed by atoms with E-state index in [1.165, 1.54) is 6.07 Å². The SMILES string of the molecule is CCn1c(S[C@@H](C)c2cccc([N+](=O)[O-])c2)nnc1N1CCOCC1. The molecule has 1 atom stereocenters. The Morgan fingerprint density at radius 2 is 2.12 bits per heavy atom. The molecule has 9 heteroatoms. The van der Waals surface area contributed by atoms with Gasteiger partial charge in [-0.05, 0) is 19.4 Å². The second-order valence-electron chi connectivity index (χ2n) is 5.74. The molecule has 1 saturated heterocycles. The van der Waals surface area contributed by atoms with E-state index in [-0.39, 0.29) is 15.9 Å². The fourth-order valence-corrected chi connectivity index (χ4v) is 3.78. The summed E-state index contributed by atoms with van der Waals surface area (Å²) in [4.78, 5) is 12.8. The molecule has 1 aliphatic heterocycles. The largest absolute Gasteiger partial charge is 0.378 e. The Kier molecular flexibility index (Phi) is 5.54. The summed E-state index contributed by atoms with van der Waals surface area (Å²) in [7, 11) is 0. The number of nitro benzene ring substituents is 1. The highest BCUT2D eigenvalue weighted by Crippen LogP contribution is 2.36. The van der Waals surface area contributed by atoms with E-state index < -0.39 is 0 Å². The van der Waals surface area contributed by atoms with Gasteiger partial charge >= 0.3 is 0 Å². The highest BCUT2D eigenvalue weighted by atomic mass is 32.2. The first kappa shape index (κ1) is 17.7. The molecule has 1 aromatic heterocycles. The number of nitro groups is 1. The second-order valence-corrected chi connectivity index (χ2v) is 7.05. The molecular formula is C16H21N5O3S. The van der Waals surface area contributed by atoms with Crippen LogP contribution in [0.5, 0.6) is 0 Å². The molecule has 0 saturated carbocycles. The molecule has 25 heavy (non-hydrogen) atoms. The summed E-state index contributed by atoms with van der Waals surface area (Å²) in [5.74, 6) is 0.861. The van der Waals surface area contributed by atoms with Crippen LogP contribution in [0.2, 0.25) is 0 Å². The van der Waals surface area contributed by atoms with Gasteiger partial charge in [0, 0.05) is 37.0 Å². The lowest BCUT2D eigenvalue weighted by molar-refractivity contribution is -0.384. The summed E-state index contributed by atoms with van der Waals surface area (Å²) < 4.78 is 7.48. The Morgan fingerprint density at radius 1 is 1.36 bits per heavy atom. The van der Waals surface area contributed by atoms with Crippen LogP contribution in [0, 0.1) is 10.1 Å². The van der Waals surface area contributed by atoms with Gasteiger partial charge in [-0.1, -0.05) is 23.9 Å². The number of non-ortho nitro benzene ring substituents is 1. The van der Waals surface area contributed by atoms with E-state index in [4.69, 9.17) is 4.74 Å². The Morgan fingerprint density at radius 3 is 2.80 bits per heavy atom. The molecule has 0 amide bonds. The third-order valence-electron chi connectivity index (χ3n) is 4.14. The number of hydrogen-bond donors (Lipinski definition) is 0. The molecule has 3 rings (SSSR count). The van der Waals surface area contributed by atoms with Crippen LogP contribution in [-0.2, 0) is 11.3 Å². The van der Waals surface area contributed by atoms with E-state index in [1.54, 1.807) is 23.9 Å². The Bertz CT molecular complexity index is 745. The third kappa shape index (κ3) is 3.93. The molecule has 1 aliphatic rings. The molecule has 1 aromatic carbocycles. The quantitative estimate of drug-likeness (QED) is 0.443. The van der Waals surface area contributed by atoms with Crippen LogP contribution >= 0.6 is 11.8 Å². The van der Waals surface area contributed by atoms with Crippen molar-refractivity contribution in [3.05, 3.63) is 39.9 Å². The van der Waals surface area contributed by atoms with E-state index >= 15 is 0 Å². The van der Waals surface area contributed by atoms with E-state index in [2.05, 4.69) is 26.6 Å². The molecule has 8 nitrogen and oxygen atoms in total. The van der Waals surface area contributed by atoms with Crippen molar-refractivity contribution in [2.45, 2.75) is 30.8 Å². The standard InChI is InChI=1S/C16H21N5O3S/c1-3-20-15(19-7-9-24-10-8-19)17-18-16(20)25-12(2)13-5-4-6-14(11-13)21(22)23/h4-6,11-12H,3,7-10H2,1-2H3/t12-/m0/s1. The number of nitrogens with zero attached hydrogens (tertiary/aromatic N) is 5. The minimum absolute atomic E-state index is 0.0342. The first-order valence-electron chi connectivity index (χ1n) is 8.27. The van der Waals surface area contributed by atoms with E-state index in [9.17, 15) is 10.1 Å². The van der Waals surface area contributed by atoms with Crippen LogP contribution in [-0.4, -0.2) is 46.0 Å². The Labute approximate surface area is 150 Å². The molecule has 0 bridgehead atoms. The number of benzene rings is 1. The number of rotatable bonds is 6. The smallest absolute Gasteiger partial charge is 0.269 e. The molecule has 0 spiro atoms. The zero-order chi connectivity index (χ0) is 17.8. The first-order valence-corrected chi connectivity index (χ1v) is 9.15. The summed E-state index contributed by atoms with van der Waals surface area (Å²) in [5.41, 5.74) is 1.01. The lowest BCUT2D eigenvalue weighted by Gasteiger charge is -2.27. The van der Waals surface area contributed by atoms with E-state index in [0.717, 1.165) is 36.3 Å². The number of thioether (sulfide) groups is 1. The van der Waals surface area contributed by atoms with Gasteiger partial charge in [0.25, 0.3) is 5.69 Å². The fourth-order valence-electron chi connectivity index (χ4n) is 2.76. The van der Waals surface area contributed by atoms with Crippen LogP contribution in [0.15, 0.2) is 29.4 Å². The molecule has 0 radical (unpaired) electrons. The monoisotopic (exact) mass is 363 g/mol. The predicted octanol–water partition coefficient (Wildman–Crippen LogP) is 2.90. The minimum atomic E-state index is -0.369. The number of hydrogen-bond acceptors (Lipinski definition) is 7. The summed E-state index contributed by atoms with van der Waals surface area (Å²) in [6.07, 6.45) is 0. The van der Waals surface area contributed by atoms with E-state index in [1.807, 2.05) is 13.0 Å². The van der Waals surface area contributed by atoms with Gasteiger partial charge in [0.1, 0.15) is 0 Å². The number of morpholine rings is 1. The molecular weight excluding hydrogens is 342 g/mol. The summed E-state index contributed by atoms with van der Waals surface area (Å²) in [6, 6.07) is 6.74. The van der Waals surface area contributed by atoms with Gasteiger partial charge in [-0.25, -0.2) is 0 Å². The molecule has 0 aliphatic carbocycles. The molecule has 0 unspecified atom stereocenters. The molecule has 134 valence electrons. The second kappa shape index (κ2) is 7.83. The van der Waals surface area contributed by atoms with Crippen LogP contribution in [0.3, 0.4) is 0 Å².